The van der Waals surface area contributed by atoms with Gasteiger partial charge < -0.3 is 4.74 Å². The number of aromatic nitrogens is 2. The first-order chi connectivity index (χ1) is 14.6. The van der Waals surface area contributed by atoms with Crippen LogP contribution in [-0.2, 0) is 16.1 Å². The van der Waals surface area contributed by atoms with Gasteiger partial charge in [-0.05, 0) is 41.8 Å². The summed E-state index contributed by atoms with van der Waals surface area (Å²) in [6.07, 6.45) is 5.00. The predicted molar refractivity (Wildman–Crippen MR) is 122 cm³/mol. The van der Waals surface area contributed by atoms with Crippen LogP contribution in [0.1, 0.15) is 11.1 Å². The van der Waals surface area contributed by atoms with Crippen molar-refractivity contribution in [2.45, 2.75) is 6.61 Å². The van der Waals surface area contributed by atoms with E-state index in [2.05, 4.69) is 0 Å². The van der Waals surface area contributed by atoms with Crippen molar-refractivity contribution in [1.82, 2.24) is 9.78 Å². The third-order valence-corrected chi connectivity index (χ3v) is 5.77. The van der Waals surface area contributed by atoms with Crippen LogP contribution in [0.25, 0.3) is 22.3 Å². The standard InChI is InChI=1S/C23H16Cl2N2O2S/c24-18-10-8-17(20(25)13-18)15-29-22(28)11-9-16-14-27(19-5-2-1-3-6-19)26-23(16)21-7-4-12-30-21/h1-14H,15H2. The van der Waals surface area contributed by atoms with E-state index in [1.807, 2.05) is 54.0 Å². The summed E-state index contributed by atoms with van der Waals surface area (Å²) < 4.78 is 7.11. The molecule has 4 rings (SSSR count). The average molecular weight is 455 g/mol. The molecule has 4 aromatic rings. The smallest absolute Gasteiger partial charge is 0.331 e. The topological polar surface area (TPSA) is 44.1 Å². The molecule has 0 bridgehead atoms. The van der Waals surface area contributed by atoms with Crippen LogP contribution in [0, 0.1) is 0 Å². The zero-order valence-corrected chi connectivity index (χ0v) is 18.0. The number of ether oxygens (including phenoxy) is 1. The van der Waals surface area contributed by atoms with Crippen LogP contribution in [0.2, 0.25) is 10.0 Å². The van der Waals surface area contributed by atoms with Crippen LogP contribution in [0.15, 0.2) is 78.3 Å². The molecule has 0 N–H and O–H groups in total. The monoisotopic (exact) mass is 454 g/mol. The summed E-state index contributed by atoms with van der Waals surface area (Å²) in [5.74, 6) is -0.467. The van der Waals surface area contributed by atoms with Gasteiger partial charge in [0, 0.05) is 33.4 Å². The summed E-state index contributed by atoms with van der Waals surface area (Å²) in [5.41, 5.74) is 3.26. The van der Waals surface area contributed by atoms with Crippen molar-refractivity contribution in [2.75, 3.05) is 0 Å². The molecule has 7 heteroatoms. The SMILES string of the molecule is O=C(C=Cc1cn(-c2ccccc2)nc1-c1cccs1)OCc1ccc(Cl)cc1Cl. The number of hydrogen-bond acceptors (Lipinski definition) is 4. The number of thiophene rings is 1. The van der Waals surface area contributed by atoms with E-state index in [1.54, 1.807) is 40.3 Å². The first kappa shape index (κ1) is 20.4. The number of carbonyl (C=O) groups is 1. The summed E-state index contributed by atoms with van der Waals surface area (Å²) in [5, 5.41) is 7.70. The molecule has 0 spiro atoms. The molecule has 2 aromatic carbocycles. The van der Waals surface area contributed by atoms with Gasteiger partial charge in [0.1, 0.15) is 12.3 Å². The molecule has 0 saturated heterocycles. The second kappa shape index (κ2) is 9.30. The van der Waals surface area contributed by atoms with Gasteiger partial charge in [0.05, 0.1) is 10.6 Å². The largest absolute Gasteiger partial charge is 0.458 e. The number of hydrogen-bond donors (Lipinski definition) is 0. The van der Waals surface area contributed by atoms with E-state index in [-0.39, 0.29) is 6.61 Å². The molecule has 0 unspecified atom stereocenters. The molecule has 0 aliphatic carbocycles. The van der Waals surface area contributed by atoms with Crippen LogP contribution >= 0.6 is 34.5 Å². The molecule has 2 aromatic heterocycles. The fourth-order valence-electron chi connectivity index (χ4n) is 2.82. The molecule has 2 heterocycles. The lowest BCUT2D eigenvalue weighted by Crippen LogP contribution is -2.01. The molecular weight excluding hydrogens is 439 g/mol. The first-order valence-electron chi connectivity index (χ1n) is 9.08. The fourth-order valence-corrected chi connectivity index (χ4v) is 4.01. The van der Waals surface area contributed by atoms with Crippen molar-refractivity contribution < 1.29 is 9.53 Å². The zero-order valence-electron chi connectivity index (χ0n) is 15.7. The van der Waals surface area contributed by atoms with E-state index in [9.17, 15) is 4.79 Å². The minimum atomic E-state index is -0.467. The maximum Gasteiger partial charge on any atom is 0.331 e. The molecule has 0 atom stereocenters. The summed E-state index contributed by atoms with van der Waals surface area (Å²) in [6, 6.07) is 18.8. The van der Waals surface area contributed by atoms with Crippen LogP contribution in [0.3, 0.4) is 0 Å². The first-order valence-corrected chi connectivity index (χ1v) is 10.7. The lowest BCUT2D eigenvalue weighted by molar-refractivity contribution is -0.138. The highest BCUT2D eigenvalue weighted by Crippen LogP contribution is 2.28. The molecule has 0 amide bonds. The van der Waals surface area contributed by atoms with E-state index in [0.29, 0.717) is 15.6 Å². The zero-order chi connectivity index (χ0) is 20.9. The van der Waals surface area contributed by atoms with E-state index in [1.165, 1.54) is 6.08 Å². The molecule has 0 saturated carbocycles. The summed E-state index contributed by atoms with van der Waals surface area (Å²) in [6.45, 7) is 0.0697. The van der Waals surface area contributed by atoms with E-state index >= 15 is 0 Å². The van der Waals surface area contributed by atoms with Crippen molar-refractivity contribution in [1.29, 1.82) is 0 Å². The van der Waals surface area contributed by atoms with Gasteiger partial charge in [0.25, 0.3) is 0 Å². The number of para-hydroxylation sites is 1. The van der Waals surface area contributed by atoms with Gasteiger partial charge in [-0.25, -0.2) is 9.48 Å². The minimum Gasteiger partial charge on any atom is -0.458 e. The van der Waals surface area contributed by atoms with Crippen molar-refractivity contribution in [3.05, 3.63) is 99.5 Å². The maximum absolute atomic E-state index is 12.2. The van der Waals surface area contributed by atoms with Gasteiger partial charge in [0.15, 0.2) is 0 Å². The number of rotatable bonds is 6. The Morgan fingerprint density at radius 1 is 1.10 bits per heavy atom. The van der Waals surface area contributed by atoms with Crippen molar-refractivity contribution in [3.63, 3.8) is 0 Å². The van der Waals surface area contributed by atoms with Crippen molar-refractivity contribution in [2.24, 2.45) is 0 Å². The van der Waals surface area contributed by atoms with Crippen LogP contribution < -0.4 is 0 Å². The molecule has 150 valence electrons. The van der Waals surface area contributed by atoms with E-state index in [4.69, 9.17) is 33.0 Å². The Hall–Kier alpha value is -2.86. The Bertz CT molecular complexity index is 1190. The predicted octanol–water partition coefficient (Wildman–Crippen LogP) is 6.66. The molecule has 0 fully saturated rings. The van der Waals surface area contributed by atoms with Crippen molar-refractivity contribution >= 4 is 46.6 Å². The summed E-state index contributed by atoms with van der Waals surface area (Å²) in [4.78, 5) is 13.3. The third-order valence-electron chi connectivity index (χ3n) is 4.30. The highest BCUT2D eigenvalue weighted by Gasteiger charge is 2.12. The Morgan fingerprint density at radius 2 is 1.93 bits per heavy atom. The van der Waals surface area contributed by atoms with Gasteiger partial charge >= 0.3 is 5.97 Å². The number of nitrogens with zero attached hydrogens (tertiary/aromatic N) is 2. The molecule has 30 heavy (non-hydrogen) atoms. The Balaban J connectivity index is 1.53. The second-order valence-corrected chi connectivity index (χ2v) is 8.16. The number of carbonyl (C=O) groups excluding carboxylic acids is 1. The summed E-state index contributed by atoms with van der Waals surface area (Å²) >= 11 is 13.6. The Labute approximate surface area is 188 Å². The van der Waals surface area contributed by atoms with Gasteiger partial charge in [-0.1, -0.05) is 53.5 Å². The lowest BCUT2D eigenvalue weighted by atomic mass is 10.2. The number of esters is 1. The van der Waals surface area contributed by atoms with Crippen LogP contribution in [-0.4, -0.2) is 15.7 Å². The van der Waals surface area contributed by atoms with Gasteiger partial charge in [-0.3, -0.25) is 0 Å². The number of benzene rings is 2. The van der Waals surface area contributed by atoms with E-state index in [0.717, 1.165) is 21.8 Å². The molecular formula is C23H16Cl2N2O2S. The molecule has 0 aliphatic rings. The van der Waals surface area contributed by atoms with Gasteiger partial charge in [-0.2, -0.15) is 5.10 Å². The van der Waals surface area contributed by atoms with Crippen LogP contribution in [0.5, 0.6) is 0 Å². The summed E-state index contributed by atoms with van der Waals surface area (Å²) in [7, 11) is 0. The molecule has 0 radical (unpaired) electrons. The maximum atomic E-state index is 12.2. The van der Waals surface area contributed by atoms with Crippen LogP contribution in [0.4, 0.5) is 0 Å². The highest BCUT2D eigenvalue weighted by atomic mass is 35.5. The van der Waals surface area contributed by atoms with Crippen molar-refractivity contribution in [3.8, 4) is 16.3 Å². The highest BCUT2D eigenvalue weighted by molar-refractivity contribution is 7.13. The average Bonchev–Trinajstić information content (AvgIpc) is 3.42. The lowest BCUT2D eigenvalue weighted by Gasteiger charge is -2.05. The number of halogens is 2. The normalized spacial score (nSPS) is 11.1. The molecule has 4 nitrogen and oxygen atoms in total. The third kappa shape index (κ3) is 4.82. The quantitative estimate of drug-likeness (QED) is 0.241. The Kier molecular flexibility index (Phi) is 6.33. The fraction of sp³-hybridized carbons (Fsp3) is 0.0435. The Morgan fingerprint density at radius 3 is 2.67 bits per heavy atom. The minimum absolute atomic E-state index is 0.0697. The van der Waals surface area contributed by atoms with E-state index < -0.39 is 5.97 Å². The molecule has 0 aliphatic heterocycles. The van der Waals surface area contributed by atoms with Gasteiger partial charge in [0.2, 0.25) is 0 Å². The second-order valence-electron chi connectivity index (χ2n) is 6.37. The van der Waals surface area contributed by atoms with Gasteiger partial charge in [-0.15, -0.1) is 11.3 Å².